The van der Waals surface area contributed by atoms with Crippen LogP contribution in [0.25, 0.3) is 0 Å². The van der Waals surface area contributed by atoms with E-state index in [-0.39, 0.29) is 0 Å². The minimum Gasteiger partial charge on any atom is -0.324 e. The third-order valence-electron chi connectivity index (χ3n) is 14.4. The van der Waals surface area contributed by atoms with E-state index in [1.54, 1.807) is 0 Å². The monoisotopic (exact) mass is 831 g/mol. The summed E-state index contributed by atoms with van der Waals surface area (Å²) < 4.78 is 1.49. The van der Waals surface area contributed by atoms with Gasteiger partial charge in [0.2, 0.25) is 0 Å². The lowest BCUT2D eigenvalue weighted by molar-refractivity contribution is -0.929. The zero-order valence-electron chi connectivity index (χ0n) is 42.6. The Morgan fingerprint density at radius 3 is 0.356 bits per heavy atom. The van der Waals surface area contributed by atoms with Gasteiger partial charge in [-0.15, -0.1) is 0 Å². The Bertz CT molecular complexity index is 645. The fraction of sp³-hybridized carbons (Fsp3) is 1.00. The van der Waals surface area contributed by atoms with E-state index in [1.807, 2.05) is 0 Å². The van der Waals surface area contributed by atoms with Gasteiger partial charge >= 0.3 is 0 Å². The molecule has 0 aromatic rings. The van der Waals surface area contributed by atoms with Crippen LogP contribution in [0, 0.1) is 0 Å². The standard InChI is InChI=1S/C58H120N/c1-5-9-13-17-21-25-29-33-34-38-42-46-50-54-58-59(55-51-47-43-39-35-30-26-22-18-14-10-6-2,56-52-48-44-40-36-31-27-23-19-15-11-7-3)57-53-49-45-41-37-32-28-24-20-16-12-8-4/h5-58H2,1-4H3/q+1. The van der Waals surface area contributed by atoms with E-state index >= 15 is 0 Å². The van der Waals surface area contributed by atoms with Crippen LogP contribution in [-0.4, -0.2) is 30.7 Å². The number of hydrogen-bond acceptors (Lipinski definition) is 0. The van der Waals surface area contributed by atoms with Crippen molar-refractivity contribution in [1.29, 1.82) is 0 Å². The van der Waals surface area contributed by atoms with Crippen molar-refractivity contribution in [2.45, 2.75) is 349 Å². The average Bonchev–Trinajstić information content (AvgIpc) is 3.24. The molecule has 0 rings (SSSR count). The third kappa shape index (κ3) is 47.3. The molecule has 0 aliphatic heterocycles. The largest absolute Gasteiger partial charge is 0.324 e. The van der Waals surface area contributed by atoms with Crippen LogP contribution in [0.3, 0.4) is 0 Å². The second-order valence-corrected chi connectivity index (χ2v) is 20.5. The molecule has 1 heteroatoms. The molecule has 0 atom stereocenters. The van der Waals surface area contributed by atoms with E-state index in [0.717, 1.165) is 0 Å². The Balaban J connectivity index is 4.90. The molecule has 0 aromatic carbocycles. The van der Waals surface area contributed by atoms with Gasteiger partial charge in [0.25, 0.3) is 0 Å². The number of rotatable bonds is 54. The van der Waals surface area contributed by atoms with Crippen LogP contribution >= 0.6 is 0 Å². The molecule has 0 aromatic heterocycles. The van der Waals surface area contributed by atoms with E-state index in [0.29, 0.717) is 0 Å². The second-order valence-electron chi connectivity index (χ2n) is 20.5. The summed E-state index contributed by atoms with van der Waals surface area (Å²) in [5.41, 5.74) is 0. The average molecular weight is 832 g/mol. The van der Waals surface area contributed by atoms with Crippen molar-refractivity contribution in [3.63, 3.8) is 0 Å². The molecule has 0 spiro atoms. The molecule has 0 heterocycles. The quantitative estimate of drug-likeness (QED) is 0.0423. The summed E-state index contributed by atoms with van der Waals surface area (Å²) in [5, 5.41) is 0. The number of hydrogen-bond donors (Lipinski definition) is 0. The van der Waals surface area contributed by atoms with Crippen LogP contribution in [0.2, 0.25) is 0 Å². The van der Waals surface area contributed by atoms with Gasteiger partial charge in [0, 0.05) is 0 Å². The van der Waals surface area contributed by atoms with Gasteiger partial charge in [0.15, 0.2) is 0 Å². The normalized spacial score (nSPS) is 12.0. The molecule has 356 valence electrons. The maximum atomic E-state index is 2.34. The SMILES string of the molecule is CCCCCCCCCCCCCCCC[N+](CCCCCCCCCCCCCC)(CCCCCCCCCCCCCC)CCCCCCCCCCCCCC. The van der Waals surface area contributed by atoms with E-state index in [4.69, 9.17) is 0 Å². The van der Waals surface area contributed by atoms with Crippen LogP contribution in [0.4, 0.5) is 0 Å². The highest BCUT2D eigenvalue weighted by Crippen LogP contribution is 2.22. The van der Waals surface area contributed by atoms with Gasteiger partial charge in [0.1, 0.15) is 0 Å². The Morgan fingerprint density at radius 1 is 0.136 bits per heavy atom. The molecular weight excluding hydrogens is 711 g/mol. The topological polar surface area (TPSA) is 0 Å². The van der Waals surface area contributed by atoms with Crippen molar-refractivity contribution in [1.82, 2.24) is 0 Å². The Morgan fingerprint density at radius 2 is 0.237 bits per heavy atom. The first-order valence-corrected chi connectivity index (χ1v) is 29.1. The van der Waals surface area contributed by atoms with E-state index in [2.05, 4.69) is 27.7 Å². The summed E-state index contributed by atoms with van der Waals surface area (Å²) in [7, 11) is 0. The van der Waals surface area contributed by atoms with Gasteiger partial charge in [0.05, 0.1) is 26.2 Å². The van der Waals surface area contributed by atoms with Crippen LogP contribution < -0.4 is 0 Å². The molecule has 0 saturated carbocycles. The number of quaternary nitrogens is 1. The maximum Gasteiger partial charge on any atom is 0.0786 e. The van der Waals surface area contributed by atoms with Crippen molar-refractivity contribution in [3.05, 3.63) is 0 Å². The highest BCUT2D eigenvalue weighted by Gasteiger charge is 2.25. The van der Waals surface area contributed by atoms with E-state index in [1.165, 1.54) is 352 Å². The summed E-state index contributed by atoms with van der Waals surface area (Å²) in [6, 6.07) is 0. The van der Waals surface area contributed by atoms with Gasteiger partial charge in [-0.2, -0.15) is 0 Å². The molecule has 0 aliphatic carbocycles. The smallest absolute Gasteiger partial charge is 0.0786 e. The first-order chi connectivity index (χ1) is 29.2. The molecule has 0 unspecified atom stereocenters. The number of unbranched alkanes of at least 4 members (excludes halogenated alkanes) is 46. The third-order valence-corrected chi connectivity index (χ3v) is 14.4. The summed E-state index contributed by atoms with van der Waals surface area (Å²) in [4.78, 5) is 0. The zero-order valence-corrected chi connectivity index (χ0v) is 42.6. The summed E-state index contributed by atoms with van der Waals surface area (Å²) >= 11 is 0. The molecule has 59 heavy (non-hydrogen) atoms. The van der Waals surface area contributed by atoms with E-state index < -0.39 is 0 Å². The highest BCUT2D eigenvalue weighted by molar-refractivity contribution is 4.57. The minimum absolute atomic E-state index is 1.37. The Hall–Kier alpha value is -0.0400. The lowest BCUT2D eigenvalue weighted by Gasteiger charge is -2.40. The molecule has 0 amide bonds. The molecule has 0 saturated heterocycles. The zero-order chi connectivity index (χ0) is 42.7. The number of nitrogens with zero attached hydrogens (tertiary/aromatic N) is 1. The molecule has 0 N–H and O–H groups in total. The summed E-state index contributed by atoms with van der Waals surface area (Å²) in [6.45, 7) is 15.3. The van der Waals surface area contributed by atoms with E-state index in [9.17, 15) is 0 Å². The van der Waals surface area contributed by atoms with Crippen molar-refractivity contribution in [3.8, 4) is 0 Å². The molecule has 0 radical (unpaired) electrons. The highest BCUT2D eigenvalue weighted by atomic mass is 15.3. The predicted molar refractivity (Wildman–Crippen MR) is 273 cm³/mol. The maximum absolute atomic E-state index is 2.34. The Labute approximate surface area is 378 Å². The lowest BCUT2D eigenvalue weighted by atomic mass is 10.0. The van der Waals surface area contributed by atoms with Gasteiger partial charge in [-0.1, -0.05) is 297 Å². The fourth-order valence-electron chi connectivity index (χ4n) is 10.2. The van der Waals surface area contributed by atoms with Crippen LogP contribution in [0.15, 0.2) is 0 Å². The molecule has 0 aliphatic rings. The summed E-state index contributed by atoms with van der Waals surface area (Å²) in [6.07, 6.45) is 73.7. The van der Waals surface area contributed by atoms with Gasteiger partial charge < -0.3 is 4.48 Å². The van der Waals surface area contributed by atoms with Crippen LogP contribution in [-0.2, 0) is 0 Å². The van der Waals surface area contributed by atoms with Crippen LogP contribution in [0.1, 0.15) is 349 Å². The molecule has 1 nitrogen and oxygen atoms in total. The second kappa shape index (κ2) is 52.3. The van der Waals surface area contributed by atoms with Crippen molar-refractivity contribution >= 4 is 0 Å². The molecule has 0 fully saturated rings. The van der Waals surface area contributed by atoms with Gasteiger partial charge in [-0.05, 0) is 51.4 Å². The fourth-order valence-corrected chi connectivity index (χ4v) is 10.2. The minimum atomic E-state index is 1.37. The summed E-state index contributed by atoms with van der Waals surface area (Å²) in [5.74, 6) is 0. The molecular formula is C58H120N+. The lowest BCUT2D eigenvalue weighted by Crippen LogP contribution is -2.50. The first kappa shape index (κ1) is 59.0. The first-order valence-electron chi connectivity index (χ1n) is 29.1. The van der Waals surface area contributed by atoms with Gasteiger partial charge in [-0.25, -0.2) is 0 Å². The van der Waals surface area contributed by atoms with Crippen molar-refractivity contribution in [2.75, 3.05) is 26.2 Å². The van der Waals surface area contributed by atoms with Crippen molar-refractivity contribution in [2.24, 2.45) is 0 Å². The van der Waals surface area contributed by atoms with Crippen molar-refractivity contribution < 1.29 is 4.48 Å². The Kier molecular flexibility index (Phi) is 52.3. The van der Waals surface area contributed by atoms with Crippen LogP contribution in [0.5, 0.6) is 0 Å². The molecule has 0 bridgehead atoms. The predicted octanol–water partition coefficient (Wildman–Crippen LogP) is 21.4. The van der Waals surface area contributed by atoms with Gasteiger partial charge in [-0.3, -0.25) is 0 Å².